The van der Waals surface area contributed by atoms with Crippen molar-refractivity contribution in [2.75, 3.05) is 25.8 Å². The highest BCUT2D eigenvalue weighted by atomic mass is 32.2. The van der Waals surface area contributed by atoms with E-state index >= 15 is 0 Å². The third-order valence-corrected chi connectivity index (χ3v) is 4.49. The van der Waals surface area contributed by atoms with Crippen LogP contribution >= 0.6 is 0 Å². The van der Waals surface area contributed by atoms with Crippen molar-refractivity contribution in [3.05, 3.63) is 54.1 Å². The van der Waals surface area contributed by atoms with Gasteiger partial charge in [-0.05, 0) is 42.5 Å². The Bertz CT molecular complexity index is 903. The Balaban J connectivity index is 2.17. The molecule has 0 aliphatic rings. The first-order chi connectivity index (χ1) is 11.8. The maximum Gasteiger partial charge on any atom is 0.248 e. The Morgan fingerprint density at radius 3 is 2.48 bits per heavy atom. The zero-order valence-electron chi connectivity index (χ0n) is 14.1. The van der Waals surface area contributed by atoms with E-state index in [1.807, 2.05) is 0 Å². The van der Waals surface area contributed by atoms with Crippen molar-refractivity contribution in [2.24, 2.45) is 0 Å². The molecule has 0 aromatic heterocycles. The molecule has 0 heterocycles. The molecule has 1 N–H and O–H groups in total. The smallest absolute Gasteiger partial charge is 0.248 e. The molecular weight excluding hydrogens is 342 g/mol. The summed E-state index contributed by atoms with van der Waals surface area (Å²) in [5.74, 6) is 0.848. The van der Waals surface area contributed by atoms with Crippen LogP contribution in [0.3, 0.4) is 0 Å². The molecule has 0 aliphatic carbocycles. The molecule has 132 valence electrons. The van der Waals surface area contributed by atoms with Crippen LogP contribution in [0.2, 0.25) is 0 Å². The first kappa shape index (κ1) is 18.5. The molecule has 2 rings (SSSR count). The highest BCUT2D eigenvalue weighted by Gasteiger charge is 2.08. The molecule has 0 saturated heterocycles. The Morgan fingerprint density at radius 1 is 1.08 bits per heavy atom. The second kappa shape index (κ2) is 7.85. The number of rotatable bonds is 6. The number of carbonyl (C=O) groups is 1. The van der Waals surface area contributed by atoms with Gasteiger partial charge in [0.05, 0.1) is 19.1 Å². The molecule has 2 aromatic carbocycles. The molecule has 7 heteroatoms. The van der Waals surface area contributed by atoms with E-state index in [9.17, 15) is 13.2 Å². The van der Waals surface area contributed by atoms with Crippen molar-refractivity contribution in [2.45, 2.75) is 4.90 Å². The van der Waals surface area contributed by atoms with Crippen molar-refractivity contribution >= 4 is 27.5 Å². The zero-order chi connectivity index (χ0) is 18.4. The van der Waals surface area contributed by atoms with Gasteiger partial charge in [0.1, 0.15) is 11.5 Å². The Labute approximate surface area is 147 Å². The van der Waals surface area contributed by atoms with Crippen LogP contribution < -0.4 is 14.8 Å². The summed E-state index contributed by atoms with van der Waals surface area (Å²) in [6, 6.07) is 11.3. The van der Waals surface area contributed by atoms with E-state index in [1.54, 1.807) is 43.5 Å². The number of hydrogen-bond donors (Lipinski definition) is 1. The minimum Gasteiger partial charge on any atom is -0.497 e. The van der Waals surface area contributed by atoms with Gasteiger partial charge in [0.25, 0.3) is 0 Å². The monoisotopic (exact) mass is 361 g/mol. The van der Waals surface area contributed by atoms with E-state index in [1.165, 1.54) is 25.3 Å². The topological polar surface area (TPSA) is 81.7 Å². The average molecular weight is 361 g/mol. The van der Waals surface area contributed by atoms with Gasteiger partial charge in [0, 0.05) is 23.6 Å². The van der Waals surface area contributed by atoms with Gasteiger partial charge in [-0.25, -0.2) is 8.42 Å². The Hall–Kier alpha value is -2.80. The van der Waals surface area contributed by atoms with Gasteiger partial charge >= 0.3 is 0 Å². The first-order valence-electron chi connectivity index (χ1n) is 7.34. The number of ether oxygens (including phenoxy) is 2. The molecular formula is C18H19NO5S. The lowest BCUT2D eigenvalue weighted by molar-refractivity contribution is -0.111. The first-order valence-corrected chi connectivity index (χ1v) is 9.24. The summed E-state index contributed by atoms with van der Waals surface area (Å²) in [6.07, 6.45) is 4.05. The summed E-state index contributed by atoms with van der Waals surface area (Å²) in [5, 5.41) is 2.63. The second-order valence-electron chi connectivity index (χ2n) is 5.23. The van der Waals surface area contributed by atoms with E-state index in [0.29, 0.717) is 22.7 Å². The van der Waals surface area contributed by atoms with Crippen molar-refractivity contribution in [1.82, 2.24) is 0 Å². The molecule has 0 radical (unpaired) electrons. The largest absolute Gasteiger partial charge is 0.497 e. The molecule has 0 saturated carbocycles. The lowest BCUT2D eigenvalue weighted by Gasteiger charge is -2.07. The molecule has 2 aromatic rings. The molecule has 0 bridgehead atoms. The fraction of sp³-hybridized carbons (Fsp3) is 0.167. The molecule has 0 unspecified atom stereocenters. The summed E-state index contributed by atoms with van der Waals surface area (Å²) in [4.78, 5) is 12.2. The van der Waals surface area contributed by atoms with Crippen LogP contribution in [0.15, 0.2) is 53.4 Å². The number of hydrogen-bond acceptors (Lipinski definition) is 5. The molecule has 0 spiro atoms. The summed E-state index contributed by atoms with van der Waals surface area (Å²) in [7, 11) is -0.243. The number of sulfone groups is 1. The standard InChI is InChI=1S/C18H19NO5S/c1-23-15-8-9-17(24-2)13(11-15)7-10-18(20)19-14-5-4-6-16(12-14)25(3,21)22/h4-12H,1-3H3,(H,19,20)/b10-7+. The molecule has 0 aliphatic heterocycles. The summed E-state index contributed by atoms with van der Waals surface area (Å²) in [6.45, 7) is 0. The van der Waals surface area contributed by atoms with E-state index in [-0.39, 0.29) is 4.90 Å². The van der Waals surface area contributed by atoms with Gasteiger partial charge < -0.3 is 14.8 Å². The second-order valence-corrected chi connectivity index (χ2v) is 7.25. The minimum atomic E-state index is -3.33. The third-order valence-electron chi connectivity index (χ3n) is 3.38. The van der Waals surface area contributed by atoms with Gasteiger partial charge in [-0.15, -0.1) is 0 Å². The molecule has 0 atom stereocenters. The zero-order valence-corrected chi connectivity index (χ0v) is 15.0. The van der Waals surface area contributed by atoms with Crippen molar-refractivity contribution in [3.8, 4) is 11.5 Å². The summed E-state index contributed by atoms with van der Waals surface area (Å²) < 4.78 is 33.5. The Kier molecular flexibility index (Phi) is 5.82. The van der Waals surface area contributed by atoms with Crippen LogP contribution in [-0.4, -0.2) is 34.8 Å². The van der Waals surface area contributed by atoms with Crippen molar-refractivity contribution in [1.29, 1.82) is 0 Å². The van der Waals surface area contributed by atoms with Crippen LogP contribution in [0.25, 0.3) is 6.08 Å². The van der Waals surface area contributed by atoms with Crippen LogP contribution in [0, 0.1) is 0 Å². The van der Waals surface area contributed by atoms with Crippen LogP contribution in [0.5, 0.6) is 11.5 Å². The minimum absolute atomic E-state index is 0.142. The van der Waals surface area contributed by atoms with Crippen LogP contribution in [0.4, 0.5) is 5.69 Å². The van der Waals surface area contributed by atoms with Gasteiger partial charge in [-0.3, -0.25) is 4.79 Å². The number of methoxy groups -OCH3 is 2. The third kappa shape index (κ3) is 5.09. The fourth-order valence-electron chi connectivity index (χ4n) is 2.12. The maximum atomic E-state index is 12.1. The van der Waals surface area contributed by atoms with Crippen LogP contribution in [0.1, 0.15) is 5.56 Å². The predicted octanol–water partition coefficient (Wildman–Crippen LogP) is 2.76. The highest BCUT2D eigenvalue weighted by Crippen LogP contribution is 2.25. The number of anilines is 1. The van der Waals surface area contributed by atoms with E-state index in [4.69, 9.17) is 9.47 Å². The lowest BCUT2D eigenvalue weighted by Crippen LogP contribution is -2.08. The van der Waals surface area contributed by atoms with E-state index < -0.39 is 15.7 Å². The fourth-order valence-corrected chi connectivity index (χ4v) is 2.79. The van der Waals surface area contributed by atoms with Crippen LogP contribution in [-0.2, 0) is 14.6 Å². The number of nitrogens with one attached hydrogen (secondary N) is 1. The van der Waals surface area contributed by atoms with Gasteiger partial charge in [-0.2, -0.15) is 0 Å². The molecule has 25 heavy (non-hydrogen) atoms. The SMILES string of the molecule is COc1ccc(OC)c(/C=C/C(=O)Nc2cccc(S(C)(=O)=O)c2)c1. The number of amides is 1. The summed E-state index contributed by atoms with van der Waals surface area (Å²) in [5.41, 5.74) is 1.08. The molecule has 6 nitrogen and oxygen atoms in total. The van der Waals surface area contributed by atoms with Gasteiger partial charge in [0.2, 0.25) is 5.91 Å². The highest BCUT2D eigenvalue weighted by molar-refractivity contribution is 7.90. The van der Waals surface area contributed by atoms with E-state index in [0.717, 1.165) is 6.26 Å². The summed E-state index contributed by atoms with van der Waals surface area (Å²) >= 11 is 0. The van der Waals surface area contributed by atoms with Gasteiger partial charge in [-0.1, -0.05) is 6.07 Å². The maximum absolute atomic E-state index is 12.1. The predicted molar refractivity (Wildman–Crippen MR) is 96.8 cm³/mol. The molecule has 1 amide bonds. The quantitative estimate of drug-likeness (QED) is 0.800. The Morgan fingerprint density at radius 2 is 1.84 bits per heavy atom. The van der Waals surface area contributed by atoms with Crippen molar-refractivity contribution < 1.29 is 22.7 Å². The number of benzene rings is 2. The number of carbonyl (C=O) groups excluding carboxylic acids is 1. The van der Waals surface area contributed by atoms with E-state index in [2.05, 4.69) is 5.32 Å². The lowest BCUT2D eigenvalue weighted by atomic mass is 10.1. The normalized spacial score (nSPS) is 11.3. The average Bonchev–Trinajstić information content (AvgIpc) is 2.59. The van der Waals surface area contributed by atoms with Crippen molar-refractivity contribution in [3.63, 3.8) is 0 Å². The van der Waals surface area contributed by atoms with Gasteiger partial charge in [0.15, 0.2) is 9.84 Å². The molecule has 0 fully saturated rings.